The molecule has 0 unspecified atom stereocenters. The zero-order valence-electron chi connectivity index (χ0n) is 9.19. The van der Waals surface area contributed by atoms with Gasteiger partial charge < -0.3 is 10.1 Å². The Morgan fingerprint density at radius 3 is 2.88 bits per heavy atom. The van der Waals surface area contributed by atoms with Crippen molar-refractivity contribution in [2.24, 2.45) is 0 Å². The lowest BCUT2D eigenvalue weighted by molar-refractivity contribution is 0.398. The van der Waals surface area contributed by atoms with Crippen LogP contribution in [-0.2, 0) is 6.42 Å². The van der Waals surface area contributed by atoms with Gasteiger partial charge >= 0.3 is 0 Å². The highest BCUT2D eigenvalue weighted by Gasteiger charge is 2.02. The van der Waals surface area contributed by atoms with Crippen molar-refractivity contribution in [2.75, 3.05) is 12.4 Å². The largest absolute Gasteiger partial charge is 0.481 e. The van der Waals surface area contributed by atoms with Crippen molar-refractivity contribution in [3.8, 4) is 5.88 Å². The maximum atomic E-state index is 4.96. The van der Waals surface area contributed by atoms with Gasteiger partial charge in [-0.25, -0.2) is 4.98 Å². The van der Waals surface area contributed by atoms with Gasteiger partial charge in [0.25, 0.3) is 0 Å². The van der Waals surface area contributed by atoms with E-state index >= 15 is 0 Å². The molecule has 0 bridgehead atoms. The zero-order valence-corrected chi connectivity index (χ0v) is 9.19. The van der Waals surface area contributed by atoms with Crippen LogP contribution in [-0.4, -0.2) is 27.3 Å². The number of nitrogens with one attached hydrogen (secondary N) is 2. The molecule has 0 aliphatic rings. The number of aryl methyl sites for hydroxylation is 1. The van der Waals surface area contributed by atoms with Gasteiger partial charge in [0.15, 0.2) is 0 Å². The Morgan fingerprint density at radius 1 is 1.44 bits per heavy atom. The third kappa shape index (κ3) is 2.28. The van der Waals surface area contributed by atoms with Crippen molar-refractivity contribution >= 4 is 11.6 Å². The lowest BCUT2D eigenvalue weighted by Gasteiger charge is -2.02. The predicted octanol–water partition coefficient (Wildman–Crippen LogP) is 1.51. The molecule has 2 heterocycles. The van der Waals surface area contributed by atoms with Crippen molar-refractivity contribution in [3.05, 3.63) is 24.2 Å². The van der Waals surface area contributed by atoms with Crippen LogP contribution in [0.3, 0.4) is 0 Å². The highest BCUT2D eigenvalue weighted by Crippen LogP contribution is 2.14. The molecule has 0 saturated heterocycles. The van der Waals surface area contributed by atoms with E-state index in [1.165, 1.54) is 0 Å². The average molecular weight is 219 g/mol. The molecular formula is C10H13N5O. The van der Waals surface area contributed by atoms with Crippen molar-refractivity contribution in [3.63, 3.8) is 0 Å². The summed E-state index contributed by atoms with van der Waals surface area (Å²) in [7, 11) is 1.58. The molecule has 2 rings (SSSR count). The summed E-state index contributed by atoms with van der Waals surface area (Å²) in [6, 6.07) is 3.63. The topological polar surface area (TPSA) is 75.7 Å². The van der Waals surface area contributed by atoms with Crippen LogP contribution in [0.2, 0.25) is 0 Å². The van der Waals surface area contributed by atoms with Gasteiger partial charge in [0, 0.05) is 12.5 Å². The number of aromatic nitrogens is 4. The number of pyridine rings is 1. The van der Waals surface area contributed by atoms with Crippen LogP contribution in [0.5, 0.6) is 5.88 Å². The van der Waals surface area contributed by atoms with Crippen LogP contribution in [0.15, 0.2) is 18.3 Å². The monoisotopic (exact) mass is 219 g/mol. The fourth-order valence-electron chi connectivity index (χ4n) is 1.21. The van der Waals surface area contributed by atoms with Gasteiger partial charge in [0.2, 0.25) is 11.8 Å². The Kier molecular flexibility index (Phi) is 3.00. The smallest absolute Gasteiger partial charge is 0.246 e. The van der Waals surface area contributed by atoms with Gasteiger partial charge in [-0.3, -0.25) is 5.10 Å². The quantitative estimate of drug-likeness (QED) is 0.815. The maximum Gasteiger partial charge on any atom is 0.246 e. The molecule has 0 atom stereocenters. The maximum absolute atomic E-state index is 4.96. The molecule has 2 N–H and O–H groups in total. The van der Waals surface area contributed by atoms with E-state index in [1.54, 1.807) is 19.4 Å². The first-order chi connectivity index (χ1) is 7.81. The lowest BCUT2D eigenvalue weighted by Crippen LogP contribution is -1.94. The van der Waals surface area contributed by atoms with Gasteiger partial charge in [-0.05, 0) is 6.07 Å². The van der Waals surface area contributed by atoms with Crippen LogP contribution in [0, 0.1) is 0 Å². The SMILES string of the molecule is CCc1nc(Nc2ccc(OC)nc2)n[nH]1. The standard InChI is InChI=1S/C10H13N5O/c1-3-8-13-10(15-14-8)12-7-4-5-9(16-2)11-6-7/h4-6H,3H2,1-2H3,(H2,12,13,14,15). The summed E-state index contributed by atoms with van der Waals surface area (Å²) < 4.78 is 4.96. The van der Waals surface area contributed by atoms with Crippen LogP contribution in [0.4, 0.5) is 11.6 Å². The third-order valence-electron chi connectivity index (χ3n) is 2.07. The number of aromatic amines is 1. The molecule has 2 aromatic heterocycles. The number of anilines is 2. The minimum absolute atomic E-state index is 0.545. The van der Waals surface area contributed by atoms with Crippen molar-refractivity contribution in [1.29, 1.82) is 0 Å². The van der Waals surface area contributed by atoms with Crippen molar-refractivity contribution in [2.45, 2.75) is 13.3 Å². The molecule has 6 heteroatoms. The Morgan fingerprint density at radius 2 is 2.31 bits per heavy atom. The highest BCUT2D eigenvalue weighted by molar-refractivity contribution is 5.51. The second-order valence-corrected chi connectivity index (χ2v) is 3.17. The van der Waals surface area contributed by atoms with Crippen molar-refractivity contribution in [1.82, 2.24) is 20.2 Å². The first-order valence-corrected chi connectivity index (χ1v) is 5.00. The molecule has 0 aliphatic heterocycles. The number of rotatable bonds is 4. The molecule has 0 fully saturated rings. The van der Waals surface area contributed by atoms with Gasteiger partial charge in [-0.15, -0.1) is 5.10 Å². The number of nitrogens with zero attached hydrogens (tertiary/aromatic N) is 3. The van der Waals surface area contributed by atoms with E-state index in [0.717, 1.165) is 17.9 Å². The van der Waals surface area contributed by atoms with Gasteiger partial charge in [0.1, 0.15) is 5.82 Å². The molecule has 0 amide bonds. The molecule has 6 nitrogen and oxygen atoms in total. The average Bonchev–Trinajstić information content (AvgIpc) is 2.78. The van der Waals surface area contributed by atoms with E-state index in [4.69, 9.17) is 4.74 Å². The summed E-state index contributed by atoms with van der Waals surface area (Å²) in [5, 5.41) is 9.89. The number of hydrogen-bond donors (Lipinski definition) is 2. The summed E-state index contributed by atoms with van der Waals surface area (Å²) >= 11 is 0. The van der Waals surface area contributed by atoms with Gasteiger partial charge in [0.05, 0.1) is 19.0 Å². The second-order valence-electron chi connectivity index (χ2n) is 3.17. The third-order valence-corrected chi connectivity index (χ3v) is 2.07. The minimum Gasteiger partial charge on any atom is -0.481 e. The molecule has 0 radical (unpaired) electrons. The number of ether oxygens (including phenoxy) is 1. The normalized spacial score (nSPS) is 10.1. The summed E-state index contributed by atoms with van der Waals surface area (Å²) in [4.78, 5) is 8.30. The summed E-state index contributed by atoms with van der Waals surface area (Å²) in [5.41, 5.74) is 0.822. The van der Waals surface area contributed by atoms with Crippen molar-refractivity contribution < 1.29 is 4.74 Å². The van der Waals surface area contributed by atoms with Crippen LogP contribution < -0.4 is 10.1 Å². The van der Waals surface area contributed by atoms with E-state index in [0.29, 0.717) is 11.8 Å². The van der Waals surface area contributed by atoms with E-state index in [2.05, 4.69) is 25.5 Å². The van der Waals surface area contributed by atoms with E-state index in [1.807, 2.05) is 13.0 Å². The lowest BCUT2D eigenvalue weighted by atomic mass is 10.4. The molecular weight excluding hydrogens is 206 g/mol. The molecule has 84 valence electrons. The Balaban J connectivity index is 2.08. The molecule has 0 saturated carbocycles. The molecule has 0 aliphatic carbocycles. The van der Waals surface area contributed by atoms with E-state index in [-0.39, 0.29) is 0 Å². The summed E-state index contributed by atoms with van der Waals surface area (Å²) in [6.07, 6.45) is 2.50. The van der Waals surface area contributed by atoms with Crippen LogP contribution >= 0.6 is 0 Å². The number of methoxy groups -OCH3 is 1. The predicted molar refractivity (Wildman–Crippen MR) is 59.8 cm³/mol. The number of hydrogen-bond acceptors (Lipinski definition) is 5. The van der Waals surface area contributed by atoms with Crippen LogP contribution in [0.1, 0.15) is 12.7 Å². The Bertz CT molecular complexity index is 450. The van der Waals surface area contributed by atoms with Gasteiger partial charge in [-0.1, -0.05) is 6.92 Å². The fraction of sp³-hybridized carbons (Fsp3) is 0.300. The van der Waals surface area contributed by atoms with E-state index in [9.17, 15) is 0 Å². The second kappa shape index (κ2) is 4.61. The Hall–Kier alpha value is -2.11. The van der Waals surface area contributed by atoms with Gasteiger partial charge in [-0.2, -0.15) is 4.98 Å². The molecule has 0 aromatic carbocycles. The summed E-state index contributed by atoms with van der Waals surface area (Å²) in [5.74, 6) is 1.97. The molecule has 2 aromatic rings. The number of H-pyrrole nitrogens is 1. The minimum atomic E-state index is 0.545. The summed E-state index contributed by atoms with van der Waals surface area (Å²) in [6.45, 7) is 2.01. The highest BCUT2D eigenvalue weighted by atomic mass is 16.5. The molecule has 16 heavy (non-hydrogen) atoms. The first-order valence-electron chi connectivity index (χ1n) is 5.00. The molecule has 0 spiro atoms. The first kappa shape index (κ1) is 10.4. The fourth-order valence-corrected chi connectivity index (χ4v) is 1.21. The van der Waals surface area contributed by atoms with E-state index < -0.39 is 0 Å². The zero-order chi connectivity index (χ0) is 11.4. The van der Waals surface area contributed by atoms with Crippen LogP contribution in [0.25, 0.3) is 0 Å². The Labute approximate surface area is 93.1 Å².